The topological polar surface area (TPSA) is 65.3 Å². The van der Waals surface area contributed by atoms with Crippen molar-refractivity contribution >= 4 is 17.5 Å². The molecule has 1 fully saturated rings. The second kappa shape index (κ2) is 10.0. The highest BCUT2D eigenvalue weighted by Crippen LogP contribution is 2.35. The maximum absolute atomic E-state index is 9.46. The number of nitriles is 1. The summed E-state index contributed by atoms with van der Waals surface area (Å²) in [7, 11) is 2.13. The number of nitrogens with zero attached hydrogens (tertiary/aromatic N) is 5. The third-order valence-electron chi connectivity index (χ3n) is 6.64. The molecule has 6 nitrogen and oxygen atoms in total. The Balaban J connectivity index is 1.44. The highest BCUT2D eigenvalue weighted by molar-refractivity contribution is 6.31. The van der Waals surface area contributed by atoms with Crippen LogP contribution in [0.15, 0.2) is 48.7 Å². The highest BCUT2D eigenvalue weighted by Gasteiger charge is 2.25. The standard InChI is InChI=1S/C27H30ClN5O/c1-19-20(17-29)15-22(16-25(19)28)27(2,3)21-5-7-24(8-6-21)34-18-23-9-10-30-26(31-23)33-13-11-32(4)12-14-33/h5-10,15-16H,11-14,18H2,1-4H3. The van der Waals surface area contributed by atoms with Crippen LogP contribution in [0.4, 0.5) is 5.95 Å². The minimum atomic E-state index is -0.314. The average Bonchev–Trinajstić information content (AvgIpc) is 2.85. The third kappa shape index (κ3) is 5.16. The minimum absolute atomic E-state index is 0.314. The smallest absolute Gasteiger partial charge is 0.225 e. The molecular weight excluding hydrogens is 446 g/mol. The predicted octanol–water partition coefficient (Wildman–Crippen LogP) is 4.97. The van der Waals surface area contributed by atoms with Crippen molar-refractivity contribution in [3.05, 3.63) is 81.6 Å². The third-order valence-corrected chi connectivity index (χ3v) is 7.03. The zero-order valence-corrected chi connectivity index (χ0v) is 20.9. The van der Waals surface area contributed by atoms with Crippen LogP contribution in [0.3, 0.4) is 0 Å². The summed E-state index contributed by atoms with van der Waals surface area (Å²) in [5.41, 5.74) is 4.08. The molecule has 0 bridgehead atoms. The van der Waals surface area contributed by atoms with Crippen LogP contribution in [-0.2, 0) is 12.0 Å². The lowest BCUT2D eigenvalue weighted by Gasteiger charge is -2.32. The zero-order valence-electron chi connectivity index (χ0n) is 20.2. The largest absolute Gasteiger partial charge is 0.487 e. The van der Waals surface area contributed by atoms with Gasteiger partial charge in [0, 0.05) is 42.8 Å². The van der Waals surface area contributed by atoms with Crippen molar-refractivity contribution in [1.29, 1.82) is 5.26 Å². The van der Waals surface area contributed by atoms with Crippen LogP contribution in [0.2, 0.25) is 5.02 Å². The molecule has 0 spiro atoms. The lowest BCUT2D eigenvalue weighted by molar-refractivity contribution is 0.299. The number of benzene rings is 2. The van der Waals surface area contributed by atoms with Gasteiger partial charge in [-0.3, -0.25) is 0 Å². The maximum Gasteiger partial charge on any atom is 0.225 e. The molecule has 1 aliphatic rings. The van der Waals surface area contributed by atoms with E-state index in [1.807, 2.05) is 37.3 Å². The Morgan fingerprint density at radius 1 is 1.06 bits per heavy atom. The maximum atomic E-state index is 9.46. The Hall–Kier alpha value is -3.14. The van der Waals surface area contributed by atoms with E-state index in [1.54, 1.807) is 6.20 Å². The van der Waals surface area contributed by atoms with Gasteiger partial charge in [-0.05, 0) is 61.0 Å². The summed E-state index contributed by atoms with van der Waals surface area (Å²) in [5, 5.41) is 10.1. The van der Waals surface area contributed by atoms with Gasteiger partial charge in [0.25, 0.3) is 0 Å². The van der Waals surface area contributed by atoms with Crippen LogP contribution >= 0.6 is 11.6 Å². The van der Waals surface area contributed by atoms with Crippen LogP contribution in [0.1, 0.15) is 41.8 Å². The van der Waals surface area contributed by atoms with E-state index in [4.69, 9.17) is 21.3 Å². The van der Waals surface area contributed by atoms with E-state index in [-0.39, 0.29) is 5.41 Å². The van der Waals surface area contributed by atoms with Gasteiger partial charge < -0.3 is 14.5 Å². The lowest BCUT2D eigenvalue weighted by Crippen LogP contribution is -2.45. The van der Waals surface area contributed by atoms with Gasteiger partial charge in [0.15, 0.2) is 0 Å². The molecule has 2 aromatic carbocycles. The van der Waals surface area contributed by atoms with E-state index in [9.17, 15) is 5.26 Å². The molecule has 1 aliphatic heterocycles. The van der Waals surface area contributed by atoms with Crippen molar-refractivity contribution in [3.8, 4) is 11.8 Å². The summed E-state index contributed by atoms with van der Waals surface area (Å²) < 4.78 is 6.01. The lowest BCUT2D eigenvalue weighted by atomic mass is 9.77. The SMILES string of the molecule is Cc1c(Cl)cc(C(C)(C)c2ccc(OCc3ccnc(N4CCN(C)CC4)n3)cc2)cc1C#N. The molecule has 176 valence electrons. The molecule has 1 saturated heterocycles. The van der Waals surface area contributed by atoms with E-state index in [1.165, 1.54) is 0 Å². The first-order chi connectivity index (χ1) is 16.3. The highest BCUT2D eigenvalue weighted by atomic mass is 35.5. The van der Waals surface area contributed by atoms with Gasteiger partial charge >= 0.3 is 0 Å². The quantitative estimate of drug-likeness (QED) is 0.501. The Kier molecular flexibility index (Phi) is 7.06. The van der Waals surface area contributed by atoms with Crippen LogP contribution < -0.4 is 9.64 Å². The minimum Gasteiger partial charge on any atom is -0.487 e. The van der Waals surface area contributed by atoms with Gasteiger partial charge in [-0.25, -0.2) is 9.97 Å². The number of likely N-dealkylation sites (N-methyl/N-ethyl adjacent to an activating group) is 1. The Bertz CT molecular complexity index is 1190. The number of halogens is 1. The van der Waals surface area contributed by atoms with Crippen molar-refractivity contribution in [2.24, 2.45) is 0 Å². The van der Waals surface area contributed by atoms with E-state index >= 15 is 0 Å². The van der Waals surface area contributed by atoms with Crippen LogP contribution in [-0.4, -0.2) is 48.1 Å². The van der Waals surface area contributed by atoms with Gasteiger partial charge in [-0.2, -0.15) is 5.26 Å². The molecule has 0 aliphatic carbocycles. The molecule has 34 heavy (non-hydrogen) atoms. The average molecular weight is 476 g/mol. The van der Waals surface area contributed by atoms with E-state index in [2.05, 4.69) is 53.9 Å². The molecule has 0 saturated carbocycles. The normalized spacial score (nSPS) is 14.6. The van der Waals surface area contributed by atoms with Crippen LogP contribution in [0.25, 0.3) is 0 Å². The molecule has 7 heteroatoms. The molecule has 1 aromatic heterocycles. The van der Waals surface area contributed by atoms with E-state index in [0.29, 0.717) is 17.2 Å². The molecule has 0 atom stereocenters. The molecule has 3 aromatic rings. The van der Waals surface area contributed by atoms with Crippen molar-refractivity contribution < 1.29 is 4.74 Å². The fraction of sp³-hybridized carbons (Fsp3) is 0.370. The zero-order chi connectivity index (χ0) is 24.3. The van der Waals surface area contributed by atoms with Gasteiger partial charge in [0.2, 0.25) is 5.95 Å². The molecule has 0 N–H and O–H groups in total. The van der Waals surface area contributed by atoms with Crippen LogP contribution in [0, 0.1) is 18.3 Å². The number of hydrogen-bond donors (Lipinski definition) is 0. The first-order valence-electron chi connectivity index (χ1n) is 11.5. The van der Waals surface area contributed by atoms with Gasteiger partial charge in [-0.15, -0.1) is 0 Å². The van der Waals surface area contributed by atoms with Crippen molar-refractivity contribution in [2.75, 3.05) is 38.1 Å². The van der Waals surface area contributed by atoms with E-state index in [0.717, 1.165) is 60.3 Å². The van der Waals surface area contributed by atoms with Gasteiger partial charge in [0.05, 0.1) is 17.3 Å². The van der Waals surface area contributed by atoms with Gasteiger partial charge in [0.1, 0.15) is 12.4 Å². The number of piperazine rings is 1. The molecular formula is C27H30ClN5O. The monoisotopic (exact) mass is 475 g/mol. The number of anilines is 1. The summed E-state index contributed by atoms with van der Waals surface area (Å²) in [6.07, 6.45) is 1.80. The van der Waals surface area contributed by atoms with Crippen molar-refractivity contribution in [2.45, 2.75) is 32.8 Å². The molecule has 4 rings (SSSR count). The molecule has 2 heterocycles. The second-order valence-electron chi connectivity index (χ2n) is 9.32. The molecule has 0 amide bonds. The second-order valence-corrected chi connectivity index (χ2v) is 9.73. The number of ether oxygens (including phenoxy) is 1. The molecule has 0 unspecified atom stereocenters. The Morgan fingerprint density at radius 2 is 1.76 bits per heavy atom. The summed E-state index contributed by atoms with van der Waals surface area (Å²) in [6.45, 7) is 10.4. The van der Waals surface area contributed by atoms with Crippen molar-refractivity contribution in [3.63, 3.8) is 0 Å². The number of hydrogen-bond acceptors (Lipinski definition) is 6. The Labute approximate surface area is 206 Å². The predicted molar refractivity (Wildman–Crippen MR) is 136 cm³/mol. The summed E-state index contributed by atoms with van der Waals surface area (Å²) >= 11 is 6.40. The first kappa shape index (κ1) is 24.0. The summed E-state index contributed by atoms with van der Waals surface area (Å²) in [5.74, 6) is 1.54. The van der Waals surface area contributed by atoms with Gasteiger partial charge in [-0.1, -0.05) is 37.6 Å². The first-order valence-corrected chi connectivity index (χ1v) is 11.8. The summed E-state index contributed by atoms with van der Waals surface area (Å²) in [6, 6.07) is 16.1. The van der Waals surface area contributed by atoms with Crippen LogP contribution in [0.5, 0.6) is 5.75 Å². The Morgan fingerprint density at radius 3 is 2.44 bits per heavy atom. The fourth-order valence-corrected chi connectivity index (χ4v) is 4.29. The summed E-state index contributed by atoms with van der Waals surface area (Å²) in [4.78, 5) is 13.7. The van der Waals surface area contributed by atoms with Crippen molar-refractivity contribution in [1.82, 2.24) is 14.9 Å². The number of rotatable bonds is 6. The fourth-order valence-electron chi connectivity index (χ4n) is 4.07. The van der Waals surface area contributed by atoms with E-state index < -0.39 is 0 Å². The number of aromatic nitrogens is 2. The molecule has 0 radical (unpaired) electrons.